The van der Waals surface area contributed by atoms with Gasteiger partial charge in [0.15, 0.2) is 0 Å². The first-order chi connectivity index (χ1) is 12.0. The maximum absolute atomic E-state index is 13.0. The molecule has 0 N–H and O–H groups in total. The molecular formula is C19H19N3O2S. The van der Waals surface area contributed by atoms with Crippen molar-refractivity contribution in [2.75, 3.05) is 13.1 Å². The van der Waals surface area contributed by atoms with E-state index in [4.69, 9.17) is 5.26 Å². The number of aromatic nitrogens is 1. The van der Waals surface area contributed by atoms with Gasteiger partial charge in [-0.1, -0.05) is 36.8 Å². The van der Waals surface area contributed by atoms with E-state index in [9.17, 15) is 8.42 Å². The third-order valence-corrected chi connectivity index (χ3v) is 7.45. The monoisotopic (exact) mass is 353 g/mol. The molecule has 2 aliphatic rings. The van der Waals surface area contributed by atoms with Gasteiger partial charge in [0.05, 0.1) is 0 Å². The van der Waals surface area contributed by atoms with Crippen LogP contribution >= 0.6 is 0 Å². The Labute approximate surface area is 148 Å². The summed E-state index contributed by atoms with van der Waals surface area (Å²) in [5, 5.41) is 8.84. The summed E-state index contributed by atoms with van der Waals surface area (Å²) in [5.41, 5.74) is 1.50. The van der Waals surface area contributed by atoms with Gasteiger partial charge in [0, 0.05) is 25.2 Å². The van der Waals surface area contributed by atoms with E-state index >= 15 is 0 Å². The summed E-state index contributed by atoms with van der Waals surface area (Å²) in [5.74, 6) is 0.239. The third kappa shape index (κ3) is 2.64. The zero-order chi connectivity index (χ0) is 17.5. The second-order valence-electron chi connectivity index (χ2n) is 6.97. The Morgan fingerprint density at radius 1 is 1.16 bits per heavy atom. The summed E-state index contributed by atoms with van der Waals surface area (Å²) in [7, 11) is -3.59. The molecule has 1 aliphatic carbocycles. The van der Waals surface area contributed by atoms with Crippen molar-refractivity contribution < 1.29 is 8.42 Å². The fourth-order valence-electron chi connectivity index (χ4n) is 4.14. The van der Waals surface area contributed by atoms with Gasteiger partial charge in [0.1, 0.15) is 16.7 Å². The van der Waals surface area contributed by atoms with Gasteiger partial charge >= 0.3 is 0 Å². The summed E-state index contributed by atoms with van der Waals surface area (Å²) in [6, 6.07) is 15.1. The van der Waals surface area contributed by atoms with E-state index < -0.39 is 10.0 Å². The molecule has 0 bridgehead atoms. The Morgan fingerprint density at radius 3 is 2.48 bits per heavy atom. The van der Waals surface area contributed by atoms with Crippen molar-refractivity contribution >= 4 is 10.0 Å². The van der Waals surface area contributed by atoms with E-state index in [0.717, 1.165) is 19.3 Å². The fourth-order valence-corrected chi connectivity index (χ4v) is 5.63. The minimum Gasteiger partial charge on any atom is -0.244 e. The van der Waals surface area contributed by atoms with Gasteiger partial charge in [0.25, 0.3) is 0 Å². The molecule has 1 unspecified atom stereocenters. The second kappa shape index (κ2) is 5.94. The third-order valence-electron chi connectivity index (χ3n) is 5.66. The molecule has 0 radical (unpaired) electrons. The average Bonchev–Trinajstić information content (AvgIpc) is 3.05. The van der Waals surface area contributed by atoms with E-state index in [1.54, 1.807) is 4.31 Å². The van der Waals surface area contributed by atoms with Crippen molar-refractivity contribution in [2.45, 2.75) is 30.1 Å². The molecule has 1 aliphatic heterocycles. The number of hydrogen-bond acceptors (Lipinski definition) is 4. The molecule has 4 rings (SSSR count). The highest BCUT2D eigenvalue weighted by Crippen LogP contribution is 2.56. The highest BCUT2D eigenvalue weighted by atomic mass is 32.2. The van der Waals surface area contributed by atoms with Crippen molar-refractivity contribution in [3.63, 3.8) is 0 Å². The summed E-state index contributed by atoms with van der Waals surface area (Å²) in [6.07, 6.45) is 4.60. The maximum atomic E-state index is 13.0. The molecular weight excluding hydrogens is 334 g/mol. The molecule has 1 aromatic heterocycles. The van der Waals surface area contributed by atoms with E-state index in [1.807, 2.05) is 24.3 Å². The average molecular weight is 353 g/mol. The Morgan fingerprint density at radius 2 is 1.92 bits per heavy atom. The van der Waals surface area contributed by atoms with E-state index in [2.05, 4.69) is 17.1 Å². The SMILES string of the molecule is N#Cc1ccc(S(=O)(=O)N2CC(c3ccccc3)C3(CCC3)C2)cn1. The van der Waals surface area contributed by atoms with Gasteiger partial charge < -0.3 is 0 Å². The normalized spacial score (nSPS) is 22.4. The first kappa shape index (κ1) is 16.2. The molecule has 2 heterocycles. The molecule has 0 amide bonds. The van der Waals surface area contributed by atoms with Crippen LogP contribution in [0.2, 0.25) is 0 Å². The van der Waals surface area contributed by atoms with E-state index in [0.29, 0.717) is 13.1 Å². The Kier molecular flexibility index (Phi) is 3.86. The lowest BCUT2D eigenvalue weighted by Gasteiger charge is -2.43. The highest BCUT2D eigenvalue weighted by molar-refractivity contribution is 7.89. The summed E-state index contributed by atoms with van der Waals surface area (Å²) < 4.78 is 27.7. The second-order valence-corrected chi connectivity index (χ2v) is 8.91. The van der Waals surface area contributed by atoms with Crippen LogP contribution in [0.4, 0.5) is 0 Å². The summed E-state index contributed by atoms with van der Waals surface area (Å²) >= 11 is 0. The predicted molar refractivity (Wildman–Crippen MR) is 93.2 cm³/mol. The Balaban J connectivity index is 1.66. The van der Waals surface area contributed by atoms with Gasteiger partial charge in [-0.3, -0.25) is 0 Å². The van der Waals surface area contributed by atoms with Crippen LogP contribution < -0.4 is 0 Å². The molecule has 2 aromatic rings. The van der Waals surface area contributed by atoms with Crippen LogP contribution in [0.5, 0.6) is 0 Å². The highest BCUT2D eigenvalue weighted by Gasteiger charge is 2.53. The first-order valence-electron chi connectivity index (χ1n) is 8.46. The lowest BCUT2D eigenvalue weighted by Crippen LogP contribution is -2.37. The van der Waals surface area contributed by atoms with Gasteiger partial charge in [-0.15, -0.1) is 0 Å². The van der Waals surface area contributed by atoms with Crippen LogP contribution in [0.1, 0.15) is 36.4 Å². The van der Waals surface area contributed by atoms with Crippen molar-refractivity contribution in [3.05, 3.63) is 59.9 Å². The number of hydrogen-bond donors (Lipinski definition) is 0. The van der Waals surface area contributed by atoms with Crippen molar-refractivity contribution in [1.82, 2.24) is 9.29 Å². The molecule has 1 saturated heterocycles. The smallest absolute Gasteiger partial charge is 0.244 e. The van der Waals surface area contributed by atoms with Gasteiger partial charge in [-0.25, -0.2) is 13.4 Å². The molecule has 1 aromatic carbocycles. The molecule has 1 saturated carbocycles. The summed E-state index contributed by atoms with van der Waals surface area (Å²) in [4.78, 5) is 4.08. The minimum atomic E-state index is -3.59. The topological polar surface area (TPSA) is 74.1 Å². The fraction of sp³-hybridized carbons (Fsp3) is 0.368. The van der Waals surface area contributed by atoms with Crippen LogP contribution in [-0.2, 0) is 10.0 Å². The number of benzene rings is 1. The lowest BCUT2D eigenvalue weighted by molar-refractivity contribution is 0.131. The molecule has 6 heteroatoms. The zero-order valence-corrected chi connectivity index (χ0v) is 14.6. The van der Waals surface area contributed by atoms with Crippen molar-refractivity contribution in [3.8, 4) is 6.07 Å². The van der Waals surface area contributed by atoms with Gasteiger partial charge in [0.2, 0.25) is 10.0 Å². The van der Waals surface area contributed by atoms with Crippen LogP contribution in [-0.4, -0.2) is 30.8 Å². The van der Waals surface area contributed by atoms with Crippen molar-refractivity contribution in [2.24, 2.45) is 5.41 Å². The Hall–Kier alpha value is -2.23. The minimum absolute atomic E-state index is 0.0639. The Bertz CT molecular complexity index is 913. The standard InChI is InChI=1S/C19H19N3O2S/c20-11-16-7-8-17(12-21-16)25(23,24)22-13-18(15-5-2-1-3-6-15)19(14-22)9-4-10-19/h1-3,5-8,12,18H,4,9-10,13-14H2. The summed E-state index contributed by atoms with van der Waals surface area (Å²) in [6.45, 7) is 1.07. The molecule has 128 valence electrons. The van der Waals surface area contributed by atoms with Gasteiger partial charge in [-0.05, 0) is 36.0 Å². The lowest BCUT2D eigenvalue weighted by atomic mass is 9.61. The van der Waals surface area contributed by atoms with Gasteiger partial charge in [-0.2, -0.15) is 9.57 Å². The quantitative estimate of drug-likeness (QED) is 0.850. The first-order valence-corrected chi connectivity index (χ1v) is 9.90. The van der Waals surface area contributed by atoms with E-state index in [-0.39, 0.29) is 21.9 Å². The van der Waals surface area contributed by atoms with Crippen molar-refractivity contribution in [1.29, 1.82) is 5.26 Å². The molecule has 5 nitrogen and oxygen atoms in total. The number of pyridine rings is 1. The number of nitrogens with zero attached hydrogens (tertiary/aromatic N) is 3. The maximum Gasteiger partial charge on any atom is 0.244 e. The molecule has 1 atom stereocenters. The largest absolute Gasteiger partial charge is 0.244 e. The number of nitriles is 1. The number of sulfonamides is 1. The van der Waals surface area contributed by atoms with E-state index in [1.165, 1.54) is 23.9 Å². The predicted octanol–water partition coefficient (Wildman–Crippen LogP) is 2.91. The van der Waals surface area contributed by atoms with Crippen LogP contribution in [0.3, 0.4) is 0 Å². The number of rotatable bonds is 3. The van der Waals surface area contributed by atoms with Crippen LogP contribution in [0.15, 0.2) is 53.6 Å². The van der Waals surface area contributed by atoms with Crippen LogP contribution in [0.25, 0.3) is 0 Å². The molecule has 25 heavy (non-hydrogen) atoms. The molecule has 1 spiro atoms. The zero-order valence-electron chi connectivity index (χ0n) is 13.8. The van der Waals surface area contributed by atoms with Crippen LogP contribution in [0, 0.1) is 16.7 Å². The molecule has 2 fully saturated rings.